The van der Waals surface area contributed by atoms with Crippen LogP contribution in [0.3, 0.4) is 0 Å². The highest BCUT2D eigenvalue weighted by atomic mass is 16.5. The maximum atomic E-state index is 13.3. The first kappa shape index (κ1) is 23.6. The van der Waals surface area contributed by atoms with Crippen molar-refractivity contribution in [1.29, 1.82) is 0 Å². The van der Waals surface area contributed by atoms with E-state index >= 15 is 0 Å². The van der Waals surface area contributed by atoms with Crippen LogP contribution >= 0.6 is 0 Å². The first-order valence-corrected chi connectivity index (χ1v) is 11.2. The summed E-state index contributed by atoms with van der Waals surface area (Å²) >= 11 is 0. The predicted octanol–water partition coefficient (Wildman–Crippen LogP) is 2.46. The molecule has 9 nitrogen and oxygen atoms in total. The minimum Gasteiger partial charge on any atom is -0.497 e. The number of carbonyl (C=O) groups excluding carboxylic acids is 3. The topological polar surface area (TPSA) is 106 Å². The molecule has 1 saturated heterocycles. The fourth-order valence-electron chi connectivity index (χ4n) is 4.38. The van der Waals surface area contributed by atoms with Crippen LogP contribution in [-0.2, 0) is 9.53 Å². The van der Waals surface area contributed by atoms with Crippen LogP contribution in [0.15, 0.2) is 42.5 Å². The van der Waals surface area contributed by atoms with Crippen LogP contribution in [-0.4, -0.2) is 68.7 Å². The van der Waals surface area contributed by atoms with E-state index in [1.165, 1.54) is 7.11 Å². The van der Waals surface area contributed by atoms with Crippen molar-refractivity contribution >= 4 is 23.4 Å². The Morgan fingerprint density at radius 2 is 2.00 bits per heavy atom. The van der Waals surface area contributed by atoms with Gasteiger partial charge in [0.05, 0.1) is 31.2 Å². The summed E-state index contributed by atoms with van der Waals surface area (Å²) < 4.78 is 17.3. The van der Waals surface area contributed by atoms with Crippen LogP contribution in [0.4, 0.5) is 5.69 Å². The van der Waals surface area contributed by atoms with E-state index in [4.69, 9.17) is 14.2 Å². The summed E-state index contributed by atoms with van der Waals surface area (Å²) in [6, 6.07) is 11.7. The van der Waals surface area contributed by atoms with Crippen LogP contribution in [0.2, 0.25) is 0 Å². The van der Waals surface area contributed by atoms with Gasteiger partial charge in [-0.1, -0.05) is 6.07 Å². The van der Waals surface area contributed by atoms with Crippen LogP contribution in [0.5, 0.6) is 11.5 Å². The van der Waals surface area contributed by atoms with Crippen molar-refractivity contribution in [3.05, 3.63) is 53.6 Å². The maximum absolute atomic E-state index is 13.3. The van der Waals surface area contributed by atoms with Crippen LogP contribution in [0.1, 0.15) is 40.0 Å². The maximum Gasteiger partial charge on any atom is 0.257 e. The first-order valence-electron chi connectivity index (χ1n) is 11.2. The number of nitrogens with one attached hydrogen (secondary N) is 2. The zero-order chi connectivity index (χ0) is 24.2. The number of hydrogen-bond donors (Lipinski definition) is 2. The van der Waals surface area contributed by atoms with Gasteiger partial charge < -0.3 is 29.7 Å². The van der Waals surface area contributed by atoms with E-state index in [0.29, 0.717) is 41.2 Å². The lowest BCUT2D eigenvalue weighted by atomic mass is 9.94. The Morgan fingerprint density at radius 1 is 1.18 bits per heavy atom. The monoisotopic (exact) mass is 467 g/mol. The molecule has 9 heteroatoms. The molecule has 34 heavy (non-hydrogen) atoms. The number of methoxy groups -OCH3 is 1. The third kappa shape index (κ3) is 4.99. The Balaban J connectivity index is 1.51. The smallest absolute Gasteiger partial charge is 0.257 e. The fourth-order valence-corrected chi connectivity index (χ4v) is 4.38. The van der Waals surface area contributed by atoms with Crippen molar-refractivity contribution in [1.82, 2.24) is 10.2 Å². The van der Waals surface area contributed by atoms with Crippen molar-refractivity contribution in [2.75, 3.05) is 33.1 Å². The molecule has 0 bridgehead atoms. The molecule has 1 fully saturated rings. The standard InChI is InChI=1S/C25H29N3O6/c1-26-23(29)13-18-8-9-20-22(34-18)14-33-21-10-7-16(12-19(21)25(31)28(20)2)27-24(30)15-5-4-6-17(11-15)32-3/h4-7,10-12,18,20,22H,8-9,13-14H2,1-3H3,(H,26,29)(H,27,30)/t18-,20+,22+/m1/s1. The number of fused-ring (bicyclic) bond motifs is 2. The number of hydrogen-bond acceptors (Lipinski definition) is 6. The molecule has 0 radical (unpaired) electrons. The number of amides is 3. The van der Waals surface area contributed by atoms with E-state index < -0.39 is 0 Å². The normalized spacial score (nSPS) is 21.8. The SMILES string of the molecule is CNC(=O)C[C@H]1CC[C@H]2[C@H](COc3ccc(NC(=O)c4cccc(OC)c4)cc3C(=O)N2C)O1. The van der Waals surface area contributed by atoms with E-state index in [2.05, 4.69) is 10.6 Å². The van der Waals surface area contributed by atoms with Crippen LogP contribution < -0.4 is 20.1 Å². The average Bonchev–Trinajstić information content (AvgIpc) is 2.86. The lowest BCUT2D eigenvalue weighted by Gasteiger charge is -2.42. The predicted molar refractivity (Wildman–Crippen MR) is 125 cm³/mol. The number of benzene rings is 2. The highest BCUT2D eigenvalue weighted by Crippen LogP contribution is 2.32. The fraction of sp³-hybridized carbons (Fsp3) is 0.400. The molecule has 2 aliphatic heterocycles. The van der Waals surface area contributed by atoms with Gasteiger partial charge in [-0.3, -0.25) is 14.4 Å². The van der Waals surface area contributed by atoms with Crippen molar-refractivity contribution < 1.29 is 28.6 Å². The van der Waals surface area contributed by atoms with Gasteiger partial charge in [0.15, 0.2) is 0 Å². The second kappa shape index (κ2) is 10.1. The molecule has 0 unspecified atom stereocenters. The molecule has 2 heterocycles. The molecule has 0 aromatic heterocycles. The van der Waals surface area contributed by atoms with Gasteiger partial charge in [0.1, 0.15) is 24.2 Å². The van der Waals surface area contributed by atoms with Gasteiger partial charge in [-0.25, -0.2) is 0 Å². The quantitative estimate of drug-likeness (QED) is 0.700. The molecule has 3 amide bonds. The van der Waals surface area contributed by atoms with Crippen LogP contribution in [0, 0.1) is 0 Å². The van der Waals surface area contributed by atoms with Crippen LogP contribution in [0.25, 0.3) is 0 Å². The summed E-state index contributed by atoms with van der Waals surface area (Å²) in [5.74, 6) is 0.405. The lowest BCUT2D eigenvalue weighted by molar-refractivity contribution is -0.133. The van der Waals surface area contributed by atoms with Crippen molar-refractivity contribution in [2.45, 2.75) is 37.5 Å². The highest BCUT2D eigenvalue weighted by Gasteiger charge is 2.39. The molecule has 3 atom stereocenters. The molecule has 4 rings (SSSR count). The van der Waals surface area contributed by atoms with E-state index in [1.807, 2.05) is 0 Å². The van der Waals surface area contributed by atoms with Gasteiger partial charge in [0, 0.05) is 25.3 Å². The number of carbonyl (C=O) groups is 3. The Kier molecular flexibility index (Phi) is 7.02. The molecule has 2 aromatic carbocycles. The molecular formula is C25H29N3O6. The van der Waals surface area contributed by atoms with Gasteiger partial charge in [-0.2, -0.15) is 0 Å². The van der Waals surface area contributed by atoms with Crippen molar-refractivity contribution in [3.8, 4) is 11.5 Å². The van der Waals surface area contributed by atoms with E-state index in [1.54, 1.807) is 61.5 Å². The number of nitrogens with zero attached hydrogens (tertiary/aromatic N) is 1. The molecule has 0 aliphatic carbocycles. The molecule has 2 aromatic rings. The second-order valence-electron chi connectivity index (χ2n) is 8.44. The zero-order valence-corrected chi connectivity index (χ0v) is 19.5. The Morgan fingerprint density at radius 3 is 2.76 bits per heavy atom. The van der Waals surface area contributed by atoms with E-state index in [-0.39, 0.29) is 49.0 Å². The van der Waals surface area contributed by atoms with Gasteiger partial charge in [-0.15, -0.1) is 0 Å². The summed E-state index contributed by atoms with van der Waals surface area (Å²) in [5.41, 5.74) is 1.30. The molecule has 180 valence electrons. The summed E-state index contributed by atoms with van der Waals surface area (Å²) in [5, 5.41) is 5.45. The van der Waals surface area contributed by atoms with Gasteiger partial charge in [0.2, 0.25) is 5.91 Å². The molecular weight excluding hydrogens is 438 g/mol. The van der Waals surface area contributed by atoms with Gasteiger partial charge >= 0.3 is 0 Å². The van der Waals surface area contributed by atoms with Gasteiger partial charge in [-0.05, 0) is 49.2 Å². The van der Waals surface area contributed by atoms with Crippen molar-refractivity contribution in [2.24, 2.45) is 0 Å². The van der Waals surface area contributed by atoms with E-state index in [9.17, 15) is 14.4 Å². The minimum atomic E-state index is -0.335. The Hall–Kier alpha value is -3.59. The second-order valence-corrected chi connectivity index (χ2v) is 8.44. The summed E-state index contributed by atoms with van der Waals surface area (Å²) in [4.78, 5) is 39.5. The zero-order valence-electron chi connectivity index (χ0n) is 19.5. The molecule has 2 N–H and O–H groups in total. The highest BCUT2D eigenvalue weighted by molar-refractivity contribution is 6.05. The molecule has 0 spiro atoms. The third-order valence-corrected chi connectivity index (χ3v) is 6.29. The Bertz CT molecular complexity index is 1090. The summed E-state index contributed by atoms with van der Waals surface area (Å²) in [6.45, 7) is 0.259. The molecule has 0 saturated carbocycles. The minimum absolute atomic E-state index is 0.0755. The average molecular weight is 468 g/mol. The first-order chi connectivity index (χ1) is 16.4. The lowest BCUT2D eigenvalue weighted by Crippen LogP contribution is -2.53. The summed E-state index contributed by atoms with van der Waals surface area (Å²) in [7, 11) is 4.89. The number of anilines is 1. The third-order valence-electron chi connectivity index (χ3n) is 6.29. The number of ether oxygens (including phenoxy) is 3. The Labute approximate surface area is 198 Å². The van der Waals surface area contributed by atoms with Crippen molar-refractivity contribution in [3.63, 3.8) is 0 Å². The largest absolute Gasteiger partial charge is 0.497 e. The van der Waals surface area contributed by atoms with Gasteiger partial charge in [0.25, 0.3) is 11.8 Å². The number of rotatable bonds is 5. The van der Waals surface area contributed by atoms with E-state index in [0.717, 1.165) is 0 Å². The molecule has 2 aliphatic rings. The summed E-state index contributed by atoms with van der Waals surface area (Å²) in [6.07, 6.45) is 1.12. The number of likely N-dealkylation sites (N-methyl/N-ethyl adjacent to an activating group) is 1.